The van der Waals surface area contributed by atoms with Gasteiger partial charge in [0, 0.05) is 29.2 Å². The number of hydrogen-bond donors (Lipinski definition) is 2. The summed E-state index contributed by atoms with van der Waals surface area (Å²) >= 11 is 1.64. The summed E-state index contributed by atoms with van der Waals surface area (Å²) in [5, 5.41) is 11.7. The zero-order valence-electron chi connectivity index (χ0n) is 9.52. The molecule has 0 aliphatic heterocycles. The molecule has 0 fully saturated rings. The van der Waals surface area contributed by atoms with E-state index in [-0.39, 0.29) is 5.84 Å². The molecule has 0 amide bonds. The Morgan fingerprint density at radius 2 is 2.06 bits per heavy atom. The zero-order chi connectivity index (χ0) is 12.8. The van der Waals surface area contributed by atoms with Gasteiger partial charge in [-0.15, -0.1) is 11.8 Å². The van der Waals surface area contributed by atoms with Crippen molar-refractivity contribution in [3.8, 4) is 0 Å². The first-order valence-electron chi connectivity index (χ1n) is 5.26. The molecule has 0 aliphatic carbocycles. The van der Waals surface area contributed by atoms with Crippen LogP contribution < -0.4 is 5.73 Å². The number of hydrogen-bond acceptors (Lipinski definition) is 5. The standard InChI is InChI=1S/C12H12N4OS/c13-12(16-17)11-9(2-1-5-15-11)8-18-10-3-6-14-7-4-10/h1-7,17H,8H2,(H2,13,16). The topological polar surface area (TPSA) is 84.4 Å². The molecule has 0 saturated carbocycles. The maximum Gasteiger partial charge on any atom is 0.189 e. The SMILES string of the molecule is NC(=NO)c1ncccc1CSc1ccncc1. The molecular formula is C12H12N4OS. The van der Waals surface area contributed by atoms with Crippen molar-refractivity contribution in [2.45, 2.75) is 10.6 Å². The average Bonchev–Trinajstić information content (AvgIpc) is 2.45. The van der Waals surface area contributed by atoms with Gasteiger partial charge in [-0.2, -0.15) is 0 Å². The molecule has 0 radical (unpaired) electrons. The lowest BCUT2D eigenvalue weighted by atomic mass is 10.2. The highest BCUT2D eigenvalue weighted by atomic mass is 32.2. The molecular weight excluding hydrogens is 248 g/mol. The predicted molar refractivity (Wildman–Crippen MR) is 70.5 cm³/mol. The molecule has 2 aromatic rings. The van der Waals surface area contributed by atoms with Gasteiger partial charge < -0.3 is 10.9 Å². The maximum atomic E-state index is 8.71. The molecule has 0 spiro atoms. The molecule has 92 valence electrons. The summed E-state index contributed by atoms with van der Waals surface area (Å²) < 4.78 is 0. The first-order chi connectivity index (χ1) is 8.81. The molecule has 0 aromatic carbocycles. The summed E-state index contributed by atoms with van der Waals surface area (Å²) in [4.78, 5) is 9.19. The molecule has 3 N–H and O–H groups in total. The van der Waals surface area contributed by atoms with Gasteiger partial charge in [-0.3, -0.25) is 9.97 Å². The summed E-state index contributed by atoms with van der Waals surface area (Å²) in [6.45, 7) is 0. The second-order valence-electron chi connectivity index (χ2n) is 3.47. The van der Waals surface area contributed by atoms with E-state index in [9.17, 15) is 0 Å². The summed E-state index contributed by atoms with van der Waals surface area (Å²) in [6.07, 6.45) is 5.11. The third kappa shape index (κ3) is 2.98. The number of nitrogens with two attached hydrogens (primary N) is 1. The van der Waals surface area contributed by atoms with Gasteiger partial charge in [-0.25, -0.2) is 0 Å². The number of amidine groups is 1. The van der Waals surface area contributed by atoms with E-state index in [0.717, 1.165) is 10.5 Å². The van der Waals surface area contributed by atoms with Crippen LogP contribution in [0, 0.1) is 0 Å². The predicted octanol–water partition coefficient (Wildman–Crippen LogP) is 1.86. The van der Waals surface area contributed by atoms with E-state index >= 15 is 0 Å². The van der Waals surface area contributed by atoms with Gasteiger partial charge in [0.05, 0.1) is 0 Å². The van der Waals surface area contributed by atoms with E-state index in [2.05, 4.69) is 15.1 Å². The van der Waals surface area contributed by atoms with Gasteiger partial charge in [0.15, 0.2) is 5.84 Å². The maximum absolute atomic E-state index is 8.71. The molecule has 0 aliphatic rings. The van der Waals surface area contributed by atoms with Crippen LogP contribution >= 0.6 is 11.8 Å². The highest BCUT2D eigenvalue weighted by molar-refractivity contribution is 7.98. The summed E-state index contributed by atoms with van der Waals surface area (Å²) in [5.41, 5.74) is 7.02. The second-order valence-corrected chi connectivity index (χ2v) is 4.52. The van der Waals surface area contributed by atoms with Crippen molar-refractivity contribution in [2.75, 3.05) is 0 Å². The minimum absolute atomic E-state index is 0.0286. The molecule has 0 unspecified atom stereocenters. The van der Waals surface area contributed by atoms with Crippen LogP contribution in [0.2, 0.25) is 0 Å². The monoisotopic (exact) mass is 260 g/mol. The Kier molecular flexibility index (Phi) is 4.14. The number of nitrogens with zero attached hydrogens (tertiary/aromatic N) is 3. The highest BCUT2D eigenvalue weighted by Gasteiger charge is 2.08. The second kappa shape index (κ2) is 6.02. The van der Waals surface area contributed by atoms with Crippen molar-refractivity contribution in [1.82, 2.24) is 9.97 Å². The van der Waals surface area contributed by atoms with E-state index in [1.807, 2.05) is 24.3 Å². The zero-order valence-corrected chi connectivity index (χ0v) is 10.3. The van der Waals surface area contributed by atoms with Crippen molar-refractivity contribution in [2.24, 2.45) is 10.9 Å². The Morgan fingerprint density at radius 1 is 1.28 bits per heavy atom. The van der Waals surface area contributed by atoms with Gasteiger partial charge in [0.1, 0.15) is 5.69 Å². The summed E-state index contributed by atoms with van der Waals surface area (Å²) in [5.74, 6) is 0.726. The minimum atomic E-state index is 0.0286. The van der Waals surface area contributed by atoms with E-state index in [0.29, 0.717) is 11.4 Å². The molecule has 2 rings (SSSR count). The first kappa shape index (κ1) is 12.4. The molecule has 6 heteroatoms. The lowest BCUT2D eigenvalue weighted by Crippen LogP contribution is -2.17. The lowest BCUT2D eigenvalue weighted by molar-refractivity contribution is 0.318. The van der Waals surface area contributed by atoms with Gasteiger partial charge in [-0.05, 0) is 23.8 Å². The lowest BCUT2D eigenvalue weighted by Gasteiger charge is -2.06. The van der Waals surface area contributed by atoms with Crippen LogP contribution in [0.1, 0.15) is 11.3 Å². The van der Waals surface area contributed by atoms with Crippen LogP contribution in [0.15, 0.2) is 52.9 Å². The molecule has 18 heavy (non-hydrogen) atoms. The normalized spacial score (nSPS) is 11.4. The van der Waals surface area contributed by atoms with Gasteiger partial charge in [-0.1, -0.05) is 11.2 Å². The average molecular weight is 260 g/mol. The molecule has 5 nitrogen and oxygen atoms in total. The molecule has 2 heterocycles. The van der Waals surface area contributed by atoms with Gasteiger partial charge in [0.25, 0.3) is 0 Å². The summed E-state index contributed by atoms with van der Waals surface area (Å²) in [6, 6.07) is 7.61. The largest absolute Gasteiger partial charge is 0.409 e. The fourth-order valence-corrected chi connectivity index (χ4v) is 2.30. The number of thioether (sulfide) groups is 1. The third-order valence-corrected chi connectivity index (χ3v) is 3.35. The van der Waals surface area contributed by atoms with Crippen LogP contribution in [-0.4, -0.2) is 21.0 Å². The van der Waals surface area contributed by atoms with E-state index < -0.39 is 0 Å². The van der Waals surface area contributed by atoms with Crippen LogP contribution in [-0.2, 0) is 5.75 Å². The van der Waals surface area contributed by atoms with E-state index in [4.69, 9.17) is 10.9 Å². The number of rotatable bonds is 4. The smallest absolute Gasteiger partial charge is 0.189 e. The minimum Gasteiger partial charge on any atom is -0.409 e. The van der Waals surface area contributed by atoms with Crippen LogP contribution in [0.4, 0.5) is 0 Å². The number of pyridine rings is 2. The number of oxime groups is 1. The quantitative estimate of drug-likeness (QED) is 0.288. The highest BCUT2D eigenvalue weighted by Crippen LogP contribution is 2.22. The molecule has 2 aromatic heterocycles. The Hall–Kier alpha value is -2.08. The van der Waals surface area contributed by atoms with Crippen molar-refractivity contribution < 1.29 is 5.21 Å². The fraction of sp³-hybridized carbons (Fsp3) is 0.0833. The van der Waals surface area contributed by atoms with Crippen molar-refractivity contribution in [1.29, 1.82) is 0 Å². The van der Waals surface area contributed by atoms with Crippen molar-refractivity contribution >= 4 is 17.6 Å². The van der Waals surface area contributed by atoms with Crippen molar-refractivity contribution in [3.05, 3.63) is 54.1 Å². The van der Waals surface area contributed by atoms with Crippen LogP contribution in [0.3, 0.4) is 0 Å². The van der Waals surface area contributed by atoms with E-state index in [1.54, 1.807) is 30.4 Å². The Labute approximate surface area is 109 Å². The Bertz CT molecular complexity index is 545. The van der Waals surface area contributed by atoms with Gasteiger partial charge in [0.2, 0.25) is 0 Å². The summed E-state index contributed by atoms with van der Waals surface area (Å²) in [7, 11) is 0. The van der Waals surface area contributed by atoms with Crippen molar-refractivity contribution in [3.63, 3.8) is 0 Å². The third-order valence-electron chi connectivity index (χ3n) is 2.29. The van der Waals surface area contributed by atoms with Crippen LogP contribution in [0.5, 0.6) is 0 Å². The molecule has 0 saturated heterocycles. The van der Waals surface area contributed by atoms with Crippen LogP contribution in [0.25, 0.3) is 0 Å². The fourth-order valence-electron chi connectivity index (χ4n) is 1.43. The first-order valence-corrected chi connectivity index (χ1v) is 6.24. The molecule has 0 atom stereocenters. The van der Waals surface area contributed by atoms with E-state index in [1.165, 1.54) is 0 Å². The van der Waals surface area contributed by atoms with Gasteiger partial charge >= 0.3 is 0 Å². The Balaban J connectivity index is 2.15. The Morgan fingerprint density at radius 3 is 2.78 bits per heavy atom. The molecule has 0 bridgehead atoms. The number of aromatic nitrogens is 2.